The molecule has 0 radical (unpaired) electrons. The van der Waals surface area contributed by atoms with E-state index in [2.05, 4.69) is 20.5 Å². The fourth-order valence-electron chi connectivity index (χ4n) is 1.31. The summed E-state index contributed by atoms with van der Waals surface area (Å²) in [6.45, 7) is 2.16. The maximum absolute atomic E-state index is 11.6. The van der Waals surface area contributed by atoms with Crippen molar-refractivity contribution in [2.75, 3.05) is 0 Å². The zero-order chi connectivity index (χ0) is 12.3. The highest BCUT2D eigenvalue weighted by Gasteiger charge is 2.10. The Hall–Kier alpha value is -1.88. The zero-order valence-corrected chi connectivity index (χ0v) is 9.95. The summed E-state index contributed by atoms with van der Waals surface area (Å²) in [5.41, 5.74) is 0.968. The van der Waals surface area contributed by atoms with Crippen molar-refractivity contribution in [3.63, 3.8) is 0 Å². The monoisotopic (exact) mass is 250 g/mol. The second kappa shape index (κ2) is 4.97. The fraction of sp³-hybridized carbons (Fsp3) is 0.182. The predicted octanol–water partition coefficient (Wildman–Crippen LogP) is 1.70. The van der Waals surface area contributed by atoms with E-state index in [4.69, 9.17) is 11.6 Å². The van der Waals surface area contributed by atoms with Crippen LogP contribution in [0.4, 0.5) is 0 Å². The van der Waals surface area contributed by atoms with Crippen molar-refractivity contribution in [3.05, 3.63) is 46.5 Å². The summed E-state index contributed by atoms with van der Waals surface area (Å²) >= 11 is 5.76. The lowest BCUT2D eigenvalue weighted by Crippen LogP contribution is -2.24. The molecule has 6 heteroatoms. The molecule has 0 saturated carbocycles. The van der Waals surface area contributed by atoms with Crippen molar-refractivity contribution >= 4 is 17.5 Å². The van der Waals surface area contributed by atoms with Crippen LogP contribution in [0.15, 0.2) is 24.3 Å². The van der Waals surface area contributed by atoms with Crippen molar-refractivity contribution in [3.8, 4) is 0 Å². The summed E-state index contributed by atoms with van der Waals surface area (Å²) < 4.78 is 0. The molecule has 0 aliphatic carbocycles. The minimum absolute atomic E-state index is 0.150. The first kappa shape index (κ1) is 11.6. The topological polar surface area (TPSA) is 70.7 Å². The van der Waals surface area contributed by atoms with Gasteiger partial charge in [-0.05, 0) is 24.6 Å². The third kappa shape index (κ3) is 3.04. The number of benzene rings is 1. The van der Waals surface area contributed by atoms with Crippen LogP contribution >= 0.6 is 11.6 Å². The van der Waals surface area contributed by atoms with Gasteiger partial charge in [0.05, 0.1) is 0 Å². The van der Waals surface area contributed by atoms with Gasteiger partial charge in [-0.2, -0.15) is 0 Å². The average Bonchev–Trinajstić information content (AvgIpc) is 2.75. The summed E-state index contributed by atoms with van der Waals surface area (Å²) in [5.74, 6) is 0.461. The van der Waals surface area contributed by atoms with E-state index in [1.165, 1.54) is 0 Å². The van der Waals surface area contributed by atoms with E-state index in [0.717, 1.165) is 5.56 Å². The zero-order valence-electron chi connectivity index (χ0n) is 9.20. The number of amides is 1. The quantitative estimate of drug-likeness (QED) is 0.871. The van der Waals surface area contributed by atoms with Crippen molar-refractivity contribution in [1.29, 1.82) is 0 Å². The number of rotatable bonds is 3. The molecule has 88 valence electrons. The normalized spacial score (nSPS) is 10.2. The van der Waals surface area contributed by atoms with E-state index in [1.54, 1.807) is 19.1 Å². The molecule has 2 aromatic rings. The number of halogens is 1. The first-order valence-corrected chi connectivity index (χ1v) is 5.44. The molecule has 1 amide bonds. The summed E-state index contributed by atoms with van der Waals surface area (Å²) in [5, 5.41) is 9.78. The van der Waals surface area contributed by atoms with Crippen LogP contribution in [0.3, 0.4) is 0 Å². The van der Waals surface area contributed by atoms with Gasteiger partial charge in [0.2, 0.25) is 5.82 Å². The van der Waals surface area contributed by atoms with E-state index in [9.17, 15) is 4.79 Å². The van der Waals surface area contributed by atoms with Crippen LogP contribution in [-0.2, 0) is 6.54 Å². The van der Waals surface area contributed by atoms with Gasteiger partial charge in [0.15, 0.2) is 0 Å². The number of nitrogens with one attached hydrogen (secondary N) is 2. The highest BCUT2D eigenvalue weighted by atomic mass is 35.5. The summed E-state index contributed by atoms with van der Waals surface area (Å²) in [6, 6.07) is 7.26. The largest absolute Gasteiger partial charge is 0.345 e. The Morgan fingerprint density at radius 2 is 2.12 bits per heavy atom. The van der Waals surface area contributed by atoms with Crippen LogP contribution in [0, 0.1) is 6.92 Å². The van der Waals surface area contributed by atoms with Gasteiger partial charge < -0.3 is 5.32 Å². The summed E-state index contributed by atoms with van der Waals surface area (Å²) in [7, 11) is 0. The Balaban J connectivity index is 1.94. The van der Waals surface area contributed by atoms with Gasteiger partial charge in [0, 0.05) is 11.6 Å². The molecule has 5 nitrogen and oxygen atoms in total. The Kier molecular flexibility index (Phi) is 3.39. The molecule has 0 saturated heterocycles. The van der Waals surface area contributed by atoms with Gasteiger partial charge in [-0.15, -0.1) is 5.10 Å². The lowest BCUT2D eigenvalue weighted by atomic mass is 10.2. The molecular weight excluding hydrogens is 240 g/mol. The lowest BCUT2D eigenvalue weighted by molar-refractivity contribution is 0.0941. The van der Waals surface area contributed by atoms with Gasteiger partial charge in [-0.25, -0.2) is 4.98 Å². The molecule has 0 atom stereocenters. The van der Waals surface area contributed by atoms with Gasteiger partial charge in [0.25, 0.3) is 5.91 Å². The molecule has 0 spiro atoms. The molecule has 1 aromatic heterocycles. The number of H-pyrrole nitrogens is 1. The molecule has 2 N–H and O–H groups in total. The SMILES string of the molecule is Cc1nc(C(=O)NCc2ccc(Cl)cc2)n[nH]1. The molecule has 1 heterocycles. The summed E-state index contributed by atoms with van der Waals surface area (Å²) in [6.07, 6.45) is 0. The smallest absolute Gasteiger partial charge is 0.291 e. The second-order valence-electron chi connectivity index (χ2n) is 3.55. The number of aromatic amines is 1. The van der Waals surface area contributed by atoms with E-state index in [0.29, 0.717) is 17.4 Å². The molecule has 0 fully saturated rings. The maximum Gasteiger partial charge on any atom is 0.291 e. The van der Waals surface area contributed by atoms with Crippen molar-refractivity contribution in [2.24, 2.45) is 0 Å². The molecule has 2 rings (SSSR count). The molecule has 0 aliphatic rings. The van der Waals surface area contributed by atoms with Gasteiger partial charge in [0.1, 0.15) is 5.82 Å². The minimum Gasteiger partial charge on any atom is -0.345 e. The van der Waals surface area contributed by atoms with Crippen LogP contribution in [0.5, 0.6) is 0 Å². The van der Waals surface area contributed by atoms with Crippen LogP contribution < -0.4 is 5.32 Å². The number of aromatic nitrogens is 3. The van der Waals surface area contributed by atoms with E-state index < -0.39 is 0 Å². The highest BCUT2D eigenvalue weighted by Crippen LogP contribution is 2.09. The number of carbonyl (C=O) groups excluding carboxylic acids is 1. The number of nitrogens with zero attached hydrogens (tertiary/aromatic N) is 2. The standard InChI is InChI=1S/C11H11ClN4O/c1-7-14-10(16-15-7)11(17)13-6-8-2-4-9(12)5-3-8/h2-5H,6H2,1H3,(H,13,17)(H,14,15,16). The van der Waals surface area contributed by atoms with Crippen molar-refractivity contribution in [1.82, 2.24) is 20.5 Å². The van der Waals surface area contributed by atoms with Crippen molar-refractivity contribution < 1.29 is 4.79 Å². The second-order valence-corrected chi connectivity index (χ2v) is 3.99. The fourth-order valence-corrected chi connectivity index (χ4v) is 1.43. The van der Waals surface area contributed by atoms with Crippen LogP contribution in [0.2, 0.25) is 5.02 Å². The molecule has 1 aromatic carbocycles. The Morgan fingerprint density at radius 1 is 1.41 bits per heavy atom. The third-order valence-electron chi connectivity index (χ3n) is 2.17. The Bertz CT molecular complexity index is 521. The number of carbonyl (C=O) groups is 1. The van der Waals surface area contributed by atoms with Gasteiger partial charge in [-0.1, -0.05) is 23.7 Å². The molecule has 0 aliphatic heterocycles. The number of hydrogen-bond donors (Lipinski definition) is 2. The van der Waals surface area contributed by atoms with Crippen LogP contribution in [0.25, 0.3) is 0 Å². The summed E-state index contributed by atoms with van der Waals surface area (Å²) in [4.78, 5) is 15.6. The van der Waals surface area contributed by atoms with Crippen LogP contribution in [0.1, 0.15) is 22.0 Å². The minimum atomic E-state index is -0.302. The molecule has 0 unspecified atom stereocenters. The molecular formula is C11H11ClN4O. The average molecular weight is 251 g/mol. The van der Waals surface area contributed by atoms with Gasteiger partial charge >= 0.3 is 0 Å². The first-order chi connectivity index (χ1) is 8.15. The first-order valence-electron chi connectivity index (χ1n) is 5.07. The van der Waals surface area contributed by atoms with E-state index in [-0.39, 0.29) is 11.7 Å². The van der Waals surface area contributed by atoms with Crippen LogP contribution in [-0.4, -0.2) is 21.1 Å². The van der Waals surface area contributed by atoms with E-state index in [1.807, 2.05) is 12.1 Å². The van der Waals surface area contributed by atoms with Crippen molar-refractivity contribution in [2.45, 2.75) is 13.5 Å². The third-order valence-corrected chi connectivity index (χ3v) is 2.42. The highest BCUT2D eigenvalue weighted by molar-refractivity contribution is 6.30. The molecule has 17 heavy (non-hydrogen) atoms. The predicted molar refractivity (Wildman–Crippen MR) is 63.7 cm³/mol. The molecule has 0 bridgehead atoms. The number of hydrogen-bond acceptors (Lipinski definition) is 3. The van der Waals surface area contributed by atoms with E-state index >= 15 is 0 Å². The number of aryl methyl sites for hydroxylation is 1. The van der Waals surface area contributed by atoms with Gasteiger partial charge in [-0.3, -0.25) is 9.89 Å². The Labute approximate surface area is 103 Å². The maximum atomic E-state index is 11.6. The Morgan fingerprint density at radius 3 is 2.71 bits per heavy atom. The lowest BCUT2D eigenvalue weighted by Gasteiger charge is -2.02.